The second kappa shape index (κ2) is 3.18. The number of nitrogens with zero attached hydrogens (tertiary/aromatic N) is 2. The summed E-state index contributed by atoms with van der Waals surface area (Å²) in [5, 5.41) is 11.5. The SMILES string of the molecule is O=c1[nH]ccn2c1cc1ccc([N+](=O)[O-])cc12. The minimum atomic E-state index is -0.452. The van der Waals surface area contributed by atoms with Crippen molar-refractivity contribution < 1.29 is 4.92 Å². The quantitative estimate of drug-likeness (QED) is 0.509. The topological polar surface area (TPSA) is 80.4 Å². The van der Waals surface area contributed by atoms with E-state index in [-0.39, 0.29) is 11.2 Å². The summed E-state index contributed by atoms with van der Waals surface area (Å²) < 4.78 is 1.64. The van der Waals surface area contributed by atoms with Crippen LogP contribution in [0.25, 0.3) is 16.4 Å². The highest BCUT2D eigenvalue weighted by atomic mass is 16.6. The van der Waals surface area contributed by atoms with Crippen LogP contribution in [0.3, 0.4) is 0 Å². The van der Waals surface area contributed by atoms with E-state index in [1.54, 1.807) is 22.7 Å². The zero-order valence-electron chi connectivity index (χ0n) is 8.58. The number of H-pyrrole nitrogens is 1. The Hall–Kier alpha value is -2.63. The summed E-state index contributed by atoms with van der Waals surface area (Å²) >= 11 is 0. The van der Waals surface area contributed by atoms with Gasteiger partial charge in [0.2, 0.25) is 0 Å². The van der Waals surface area contributed by atoms with Crippen LogP contribution in [0.2, 0.25) is 0 Å². The van der Waals surface area contributed by atoms with Crippen molar-refractivity contribution in [2.45, 2.75) is 0 Å². The fourth-order valence-electron chi connectivity index (χ4n) is 1.92. The molecule has 3 aromatic rings. The normalized spacial score (nSPS) is 11.1. The molecule has 3 rings (SSSR count). The first-order valence-corrected chi connectivity index (χ1v) is 4.94. The Morgan fingerprint density at radius 1 is 1.24 bits per heavy atom. The molecule has 0 saturated carbocycles. The molecule has 17 heavy (non-hydrogen) atoms. The van der Waals surface area contributed by atoms with Crippen molar-refractivity contribution >= 4 is 22.1 Å². The van der Waals surface area contributed by atoms with E-state index < -0.39 is 4.92 Å². The molecule has 6 heteroatoms. The van der Waals surface area contributed by atoms with Gasteiger partial charge in [-0.05, 0) is 12.1 Å². The maximum absolute atomic E-state index is 11.6. The highest BCUT2D eigenvalue weighted by molar-refractivity contribution is 5.88. The smallest absolute Gasteiger partial charge is 0.272 e. The van der Waals surface area contributed by atoms with Crippen LogP contribution in [0.4, 0.5) is 5.69 Å². The molecule has 0 amide bonds. The fourth-order valence-corrected chi connectivity index (χ4v) is 1.92. The maximum Gasteiger partial charge on any atom is 0.272 e. The van der Waals surface area contributed by atoms with Gasteiger partial charge in [-0.2, -0.15) is 0 Å². The van der Waals surface area contributed by atoms with Crippen LogP contribution in [0.15, 0.2) is 41.5 Å². The first-order valence-electron chi connectivity index (χ1n) is 4.94. The van der Waals surface area contributed by atoms with E-state index in [2.05, 4.69) is 4.98 Å². The summed E-state index contributed by atoms with van der Waals surface area (Å²) in [5.74, 6) is 0. The average Bonchev–Trinajstić information content (AvgIpc) is 2.68. The van der Waals surface area contributed by atoms with Crippen molar-refractivity contribution in [3.05, 3.63) is 57.1 Å². The van der Waals surface area contributed by atoms with Crippen LogP contribution < -0.4 is 5.56 Å². The van der Waals surface area contributed by atoms with Crippen molar-refractivity contribution in [1.82, 2.24) is 9.38 Å². The summed E-state index contributed by atoms with van der Waals surface area (Å²) in [7, 11) is 0. The number of hydrogen-bond acceptors (Lipinski definition) is 3. The number of benzene rings is 1. The van der Waals surface area contributed by atoms with Gasteiger partial charge < -0.3 is 9.38 Å². The van der Waals surface area contributed by atoms with E-state index in [4.69, 9.17) is 0 Å². The molecule has 0 unspecified atom stereocenters. The van der Waals surface area contributed by atoms with E-state index in [0.29, 0.717) is 11.0 Å². The Morgan fingerprint density at radius 2 is 2.06 bits per heavy atom. The van der Waals surface area contributed by atoms with E-state index in [1.807, 2.05) is 0 Å². The maximum atomic E-state index is 11.6. The molecule has 0 atom stereocenters. The second-order valence-electron chi connectivity index (χ2n) is 3.69. The van der Waals surface area contributed by atoms with Crippen LogP contribution in [0, 0.1) is 10.1 Å². The molecule has 2 heterocycles. The lowest BCUT2D eigenvalue weighted by Crippen LogP contribution is -2.06. The molecule has 2 aromatic heterocycles. The van der Waals surface area contributed by atoms with Crippen LogP contribution in [-0.2, 0) is 0 Å². The first-order chi connectivity index (χ1) is 8.16. The van der Waals surface area contributed by atoms with Crippen LogP contribution in [-0.4, -0.2) is 14.3 Å². The second-order valence-corrected chi connectivity index (χ2v) is 3.69. The van der Waals surface area contributed by atoms with Gasteiger partial charge in [0.15, 0.2) is 0 Å². The molecule has 0 spiro atoms. The van der Waals surface area contributed by atoms with Gasteiger partial charge in [0.1, 0.15) is 5.52 Å². The molecule has 0 radical (unpaired) electrons. The van der Waals surface area contributed by atoms with Crippen LogP contribution in [0.1, 0.15) is 0 Å². The minimum absolute atomic E-state index is 0.0118. The van der Waals surface area contributed by atoms with Crippen LogP contribution in [0.5, 0.6) is 0 Å². The largest absolute Gasteiger partial charge is 0.326 e. The summed E-state index contributed by atoms with van der Waals surface area (Å²) in [4.78, 5) is 24.4. The van der Waals surface area contributed by atoms with Crippen molar-refractivity contribution in [3.63, 3.8) is 0 Å². The Balaban J connectivity index is 2.50. The number of non-ortho nitro benzene ring substituents is 1. The Bertz CT molecular complexity index is 800. The van der Waals surface area contributed by atoms with Crippen molar-refractivity contribution in [1.29, 1.82) is 0 Å². The molecule has 0 fully saturated rings. The molecule has 0 aliphatic heterocycles. The molecule has 6 nitrogen and oxygen atoms in total. The number of nitro benzene ring substituents is 1. The van der Waals surface area contributed by atoms with Gasteiger partial charge in [-0.25, -0.2) is 0 Å². The zero-order valence-corrected chi connectivity index (χ0v) is 8.58. The van der Waals surface area contributed by atoms with Crippen molar-refractivity contribution in [2.24, 2.45) is 0 Å². The summed E-state index contributed by atoms with van der Waals surface area (Å²) in [6.07, 6.45) is 3.18. The molecule has 0 aliphatic rings. The number of nitro groups is 1. The van der Waals surface area contributed by atoms with Gasteiger partial charge in [-0.15, -0.1) is 0 Å². The van der Waals surface area contributed by atoms with Gasteiger partial charge in [0, 0.05) is 29.9 Å². The predicted octanol–water partition coefficient (Wildman–Crippen LogP) is 1.69. The van der Waals surface area contributed by atoms with Gasteiger partial charge >= 0.3 is 0 Å². The third-order valence-corrected chi connectivity index (χ3v) is 2.71. The lowest BCUT2D eigenvalue weighted by molar-refractivity contribution is -0.384. The Labute approximate surface area is 94.3 Å². The Morgan fingerprint density at radius 3 is 2.82 bits per heavy atom. The van der Waals surface area contributed by atoms with E-state index in [1.165, 1.54) is 18.3 Å². The molecule has 1 aromatic carbocycles. The molecule has 0 bridgehead atoms. The lowest BCUT2D eigenvalue weighted by Gasteiger charge is -1.95. The molecular formula is C11H7N3O3. The van der Waals surface area contributed by atoms with E-state index in [9.17, 15) is 14.9 Å². The predicted molar refractivity (Wildman–Crippen MR) is 62.2 cm³/mol. The number of fused-ring (bicyclic) bond motifs is 3. The number of rotatable bonds is 1. The third-order valence-electron chi connectivity index (χ3n) is 2.71. The summed E-state index contributed by atoms with van der Waals surface area (Å²) in [5.41, 5.74) is 0.924. The highest BCUT2D eigenvalue weighted by Crippen LogP contribution is 2.22. The van der Waals surface area contributed by atoms with Gasteiger partial charge in [0.05, 0.1) is 10.4 Å². The highest BCUT2D eigenvalue weighted by Gasteiger charge is 2.10. The number of aromatic amines is 1. The third kappa shape index (κ3) is 1.31. The molecule has 0 aliphatic carbocycles. The van der Waals surface area contributed by atoms with E-state index >= 15 is 0 Å². The first kappa shape index (κ1) is 9.59. The molecular weight excluding hydrogens is 222 g/mol. The monoisotopic (exact) mass is 229 g/mol. The zero-order chi connectivity index (χ0) is 12.0. The molecule has 0 saturated heterocycles. The Kier molecular flexibility index (Phi) is 1.79. The van der Waals surface area contributed by atoms with Gasteiger partial charge in [0.25, 0.3) is 11.2 Å². The van der Waals surface area contributed by atoms with Gasteiger partial charge in [-0.3, -0.25) is 14.9 Å². The minimum Gasteiger partial charge on any atom is -0.326 e. The summed E-state index contributed by atoms with van der Waals surface area (Å²) in [6.45, 7) is 0. The average molecular weight is 229 g/mol. The molecule has 84 valence electrons. The number of nitrogens with one attached hydrogen (secondary N) is 1. The van der Waals surface area contributed by atoms with Gasteiger partial charge in [-0.1, -0.05) is 0 Å². The number of hydrogen-bond donors (Lipinski definition) is 1. The standard InChI is InChI=1S/C11H7N3O3/c15-11-10-5-7-1-2-8(14(16)17)6-9(7)13(10)4-3-12-11/h1-6H,(H,12,15). The lowest BCUT2D eigenvalue weighted by atomic mass is 10.2. The van der Waals surface area contributed by atoms with Crippen molar-refractivity contribution in [2.75, 3.05) is 0 Å². The van der Waals surface area contributed by atoms with E-state index in [0.717, 1.165) is 5.39 Å². The van der Waals surface area contributed by atoms with Crippen molar-refractivity contribution in [3.8, 4) is 0 Å². The fraction of sp³-hybridized carbons (Fsp3) is 0. The summed E-state index contributed by atoms with van der Waals surface area (Å²) in [6, 6.07) is 6.23. The van der Waals surface area contributed by atoms with Crippen LogP contribution >= 0.6 is 0 Å². The molecule has 1 N–H and O–H groups in total. The number of aromatic nitrogens is 2.